The molecule has 1 fully saturated rings. The molecule has 0 saturated carbocycles. The molecule has 0 aliphatic carbocycles. The Bertz CT molecular complexity index is 332. The number of hydrogen-bond donors (Lipinski definition) is 1. The molecule has 1 aliphatic rings. The minimum atomic E-state index is 0.0218. The van der Waals surface area contributed by atoms with Crippen LogP contribution in [0.15, 0.2) is 24.3 Å². The molecule has 0 atom stereocenters. The second-order valence-electron chi connectivity index (χ2n) is 4.29. The zero-order valence-corrected chi connectivity index (χ0v) is 12.8. The van der Waals surface area contributed by atoms with Crippen LogP contribution in [0, 0.1) is 0 Å². The van der Waals surface area contributed by atoms with Crippen LogP contribution in [-0.2, 0) is 11.4 Å². The van der Waals surface area contributed by atoms with Crippen LogP contribution in [0.2, 0.25) is 0 Å². The van der Waals surface area contributed by atoms with Gasteiger partial charge in [-0.3, -0.25) is 4.79 Å². The van der Waals surface area contributed by atoms with E-state index >= 15 is 0 Å². The van der Waals surface area contributed by atoms with E-state index < -0.39 is 0 Å². The topological polar surface area (TPSA) is 49.8 Å². The molecular formula is C16H27NO3. The molecule has 0 radical (unpaired) electrons. The number of carbonyl (C=O) groups excluding carboxylic acids is 1. The molecule has 4 nitrogen and oxygen atoms in total. The van der Waals surface area contributed by atoms with E-state index in [0.29, 0.717) is 12.0 Å². The van der Waals surface area contributed by atoms with Gasteiger partial charge >= 0.3 is 0 Å². The monoisotopic (exact) mass is 281 g/mol. The molecule has 4 heteroatoms. The van der Waals surface area contributed by atoms with Crippen molar-refractivity contribution in [1.82, 2.24) is 4.90 Å². The molecule has 1 aliphatic heterocycles. The molecule has 1 heterocycles. The first kappa shape index (κ1) is 18.6. The number of rotatable bonds is 4. The third kappa shape index (κ3) is 8.67. The van der Waals surface area contributed by atoms with Crippen molar-refractivity contribution < 1.29 is 14.6 Å². The first-order valence-corrected chi connectivity index (χ1v) is 7.21. The Morgan fingerprint density at radius 2 is 1.75 bits per heavy atom. The maximum Gasteiger partial charge on any atom is 0.157 e. The zero-order valence-electron chi connectivity index (χ0n) is 12.8. The third-order valence-electron chi connectivity index (χ3n) is 2.75. The summed E-state index contributed by atoms with van der Waals surface area (Å²) in [4.78, 5) is 12.3. The van der Waals surface area contributed by atoms with E-state index in [0.717, 1.165) is 5.56 Å². The molecule has 0 aromatic heterocycles. The van der Waals surface area contributed by atoms with Gasteiger partial charge in [-0.05, 0) is 50.7 Å². The van der Waals surface area contributed by atoms with Gasteiger partial charge in [0.2, 0.25) is 0 Å². The van der Waals surface area contributed by atoms with Crippen LogP contribution < -0.4 is 4.74 Å². The number of carbonyl (C=O) groups is 1. The number of benzene rings is 1. The van der Waals surface area contributed by atoms with Crippen molar-refractivity contribution in [2.24, 2.45) is 0 Å². The maximum absolute atomic E-state index is 9.94. The Morgan fingerprint density at radius 1 is 1.20 bits per heavy atom. The predicted octanol–water partition coefficient (Wildman–Crippen LogP) is 2.49. The second kappa shape index (κ2) is 12.6. The van der Waals surface area contributed by atoms with Crippen LogP contribution in [0.5, 0.6) is 5.75 Å². The van der Waals surface area contributed by atoms with Gasteiger partial charge < -0.3 is 14.7 Å². The van der Waals surface area contributed by atoms with Crippen molar-refractivity contribution >= 4 is 6.29 Å². The van der Waals surface area contributed by atoms with Gasteiger partial charge in [0, 0.05) is 0 Å². The van der Waals surface area contributed by atoms with E-state index in [1.54, 1.807) is 24.3 Å². The largest absolute Gasteiger partial charge is 0.486 e. The van der Waals surface area contributed by atoms with Gasteiger partial charge in [0.25, 0.3) is 0 Å². The van der Waals surface area contributed by atoms with Crippen molar-refractivity contribution in [3.63, 3.8) is 0 Å². The maximum atomic E-state index is 9.94. The Kier molecular flexibility index (Phi) is 11.8. The number of aliphatic hydroxyl groups excluding tert-OH is 1. The number of aldehydes is 1. The van der Waals surface area contributed by atoms with Crippen molar-refractivity contribution in [2.75, 3.05) is 26.7 Å². The summed E-state index contributed by atoms with van der Waals surface area (Å²) in [6, 6.07) is 6.93. The van der Waals surface area contributed by atoms with E-state index in [9.17, 15) is 4.79 Å². The number of ether oxygens (including phenoxy) is 1. The standard InChI is InChI=1S/C9H10O3.C5H11N.C2H6/c10-5-6-12-9-3-1-8(7-11)2-4-9;1-6-4-2-3-5-6;1-2/h1-5,11H,6-7H2;2-5H2,1H3;1-2H3. The Morgan fingerprint density at radius 3 is 2.10 bits per heavy atom. The first-order chi connectivity index (χ1) is 9.76. The number of nitrogens with zero attached hydrogens (tertiary/aromatic N) is 1. The molecule has 0 unspecified atom stereocenters. The Balaban J connectivity index is 0.000000377. The summed E-state index contributed by atoms with van der Waals surface area (Å²) in [5.74, 6) is 0.638. The lowest BCUT2D eigenvalue weighted by atomic mass is 10.2. The Hall–Kier alpha value is -1.39. The lowest BCUT2D eigenvalue weighted by molar-refractivity contribution is -0.109. The Labute approximate surface area is 122 Å². The van der Waals surface area contributed by atoms with Crippen LogP contribution in [0.4, 0.5) is 0 Å². The van der Waals surface area contributed by atoms with Gasteiger partial charge in [0.1, 0.15) is 12.4 Å². The van der Waals surface area contributed by atoms with Crippen LogP contribution in [0.1, 0.15) is 32.3 Å². The fourth-order valence-corrected chi connectivity index (χ4v) is 1.70. The quantitative estimate of drug-likeness (QED) is 0.862. The smallest absolute Gasteiger partial charge is 0.157 e. The number of hydrogen-bond acceptors (Lipinski definition) is 4. The first-order valence-electron chi connectivity index (χ1n) is 7.21. The lowest BCUT2D eigenvalue weighted by Crippen LogP contribution is -2.10. The molecule has 1 aromatic rings. The minimum Gasteiger partial charge on any atom is -0.486 e. The third-order valence-corrected chi connectivity index (χ3v) is 2.75. The van der Waals surface area contributed by atoms with Crippen LogP contribution in [0.25, 0.3) is 0 Å². The molecule has 2 rings (SSSR count). The number of likely N-dealkylation sites (tertiary alicyclic amines) is 1. The van der Waals surface area contributed by atoms with Crippen LogP contribution >= 0.6 is 0 Å². The van der Waals surface area contributed by atoms with Gasteiger partial charge in [-0.15, -0.1) is 0 Å². The van der Waals surface area contributed by atoms with Gasteiger partial charge in [0.15, 0.2) is 6.29 Å². The highest BCUT2D eigenvalue weighted by atomic mass is 16.5. The lowest BCUT2D eigenvalue weighted by Gasteiger charge is -2.01. The highest BCUT2D eigenvalue weighted by molar-refractivity contribution is 5.51. The molecule has 1 saturated heterocycles. The molecule has 0 amide bonds. The highest BCUT2D eigenvalue weighted by Gasteiger charge is 2.03. The predicted molar refractivity (Wildman–Crippen MR) is 82.0 cm³/mol. The second-order valence-corrected chi connectivity index (χ2v) is 4.29. The molecule has 1 N–H and O–H groups in total. The van der Waals surface area contributed by atoms with E-state index in [4.69, 9.17) is 9.84 Å². The summed E-state index contributed by atoms with van der Waals surface area (Å²) in [6.07, 6.45) is 3.52. The fourth-order valence-electron chi connectivity index (χ4n) is 1.70. The summed E-state index contributed by atoms with van der Waals surface area (Å²) in [7, 11) is 2.17. The summed E-state index contributed by atoms with van der Waals surface area (Å²) in [5.41, 5.74) is 0.827. The number of aliphatic hydroxyl groups is 1. The summed E-state index contributed by atoms with van der Waals surface area (Å²) in [6.45, 7) is 6.73. The van der Waals surface area contributed by atoms with Gasteiger partial charge in [-0.1, -0.05) is 26.0 Å². The summed E-state index contributed by atoms with van der Waals surface area (Å²) in [5, 5.41) is 8.71. The minimum absolute atomic E-state index is 0.0218. The van der Waals surface area contributed by atoms with Crippen molar-refractivity contribution in [2.45, 2.75) is 33.3 Å². The van der Waals surface area contributed by atoms with Gasteiger partial charge in [0.05, 0.1) is 6.61 Å². The summed E-state index contributed by atoms with van der Waals surface area (Å²) >= 11 is 0. The van der Waals surface area contributed by atoms with Crippen molar-refractivity contribution in [1.29, 1.82) is 0 Å². The normalized spacial score (nSPS) is 13.6. The molecule has 0 spiro atoms. The van der Waals surface area contributed by atoms with Crippen LogP contribution in [0.3, 0.4) is 0 Å². The average molecular weight is 281 g/mol. The molecule has 114 valence electrons. The van der Waals surface area contributed by atoms with E-state index in [-0.39, 0.29) is 13.2 Å². The summed E-state index contributed by atoms with van der Waals surface area (Å²) < 4.78 is 5.00. The zero-order chi connectivity index (χ0) is 15.2. The van der Waals surface area contributed by atoms with E-state index in [1.165, 1.54) is 25.9 Å². The average Bonchev–Trinajstić information content (AvgIpc) is 2.99. The van der Waals surface area contributed by atoms with E-state index in [2.05, 4.69) is 11.9 Å². The van der Waals surface area contributed by atoms with Crippen molar-refractivity contribution in [3.05, 3.63) is 29.8 Å². The molecule has 20 heavy (non-hydrogen) atoms. The van der Waals surface area contributed by atoms with Crippen LogP contribution in [-0.4, -0.2) is 43.0 Å². The fraction of sp³-hybridized carbons (Fsp3) is 0.562. The SMILES string of the molecule is CC.CN1CCCC1.O=CCOc1ccc(CO)cc1. The molecular weight excluding hydrogens is 254 g/mol. The molecule has 0 bridgehead atoms. The highest BCUT2D eigenvalue weighted by Crippen LogP contribution is 2.11. The van der Waals surface area contributed by atoms with Crippen molar-refractivity contribution in [3.8, 4) is 5.75 Å². The van der Waals surface area contributed by atoms with Gasteiger partial charge in [-0.25, -0.2) is 0 Å². The van der Waals surface area contributed by atoms with E-state index in [1.807, 2.05) is 13.8 Å². The molecule has 1 aromatic carbocycles. The van der Waals surface area contributed by atoms with Gasteiger partial charge in [-0.2, -0.15) is 0 Å².